The van der Waals surface area contributed by atoms with E-state index in [0.717, 1.165) is 5.69 Å². The van der Waals surface area contributed by atoms with Crippen LogP contribution in [0.3, 0.4) is 0 Å². The van der Waals surface area contributed by atoms with Gasteiger partial charge in [-0.3, -0.25) is 0 Å². The molecule has 0 aliphatic rings. The zero-order valence-electron chi connectivity index (χ0n) is 11.6. The third-order valence-electron chi connectivity index (χ3n) is 2.97. The summed E-state index contributed by atoms with van der Waals surface area (Å²) in [5.41, 5.74) is 2.52. The number of aryl methyl sites for hydroxylation is 1. The van der Waals surface area contributed by atoms with Gasteiger partial charge in [-0.25, -0.2) is 9.67 Å². The number of hydrogen-bond donors (Lipinski definition) is 0. The highest BCUT2D eigenvalue weighted by Gasteiger charge is 2.14. The van der Waals surface area contributed by atoms with Crippen LogP contribution in [0.15, 0.2) is 58.9 Å². The molecule has 0 unspecified atom stereocenters. The van der Waals surface area contributed by atoms with Crippen LogP contribution in [0, 0.1) is 6.92 Å². The van der Waals surface area contributed by atoms with Crippen LogP contribution in [0.2, 0.25) is 10.3 Å². The minimum absolute atomic E-state index is 0.287. The van der Waals surface area contributed by atoms with Gasteiger partial charge in [0.15, 0.2) is 10.3 Å². The molecular formula is C15H11Cl2N5. The summed E-state index contributed by atoms with van der Waals surface area (Å²) in [4.78, 5) is 3.95. The SMILES string of the molecule is Cc1nn(-c2ccccc2)c(Cl)c1N=Nc1cccnc1Cl. The first kappa shape index (κ1) is 14.7. The molecule has 0 saturated heterocycles. The number of rotatable bonds is 3. The first-order valence-electron chi connectivity index (χ1n) is 6.49. The highest BCUT2D eigenvalue weighted by atomic mass is 35.5. The number of halogens is 2. The van der Waals surface area contributed by atoms with Gasteiger partial charge in [-0.2, -0.15) is 5.10 Å². The number of azo groups is 1. The highest BCUT2D eigenvalue weighted by molar-refractivity contribution is 6.32. The molecule has 0 amide bonds. The van der Waals surface area contributed by atoms with Crippen LogP contribution in [0.5, 0.6) is 0 Å². The third-order valence-corrected chi connectivity index (χ3v) is 3.60. The molecular weight excluding hydrogens is 321 g/mol. The van der Waals surface area contributed by atoms with Crippen LogP contribution in [0.4, 0.5) is 11.4 Å². The van der Waals surface area contributed by atoms with Crippen LogP contribution < -0.4 is 0 Å². The number of benzene rings is 1. The van der Waals surface area contributed by atoms with Gasteiger partial charge in [0.25, 0.3) is 0 Å². The first-order valence-corrected chi connectivity index (χ1v) is 7.25. The Morgan fingerprint density at radius 2 is 1.77 bits per heavy atom. The Kier molecular flexibility index (Phi) is 4.18. The summed E-state index contributed by atoms with van der Waals surface area (Å²) in [5.74, 6) is 0. The number of nitrogens with zero attached hydrogens (tertiary/aromatic N) is 5. The summed E-state index contributed by atoms with van der Waals surface area (Å²) in [7, 11) is 0. The zero-order valence-corrected chi connectivity index (χ0v) is 13.1. The molecule has 22 heavy (non-hydrogen) atoms. The fraction of sp³-hybridized carbons (Fsp3) is 0.0667. The molecule has 2 aromatic heterocycles. The molecule has 1 aromatic carbocycles. The monoisotopic (exact) mass is 331 g/mol. The summed E-state index contributed by atoms with van der Waals surface area (Å²) in [6, 6.07) is 13.1. The van der Waals surface area contributed by atoms with Gasteiger partial charge in [0.1, 0.15) is 11.4 Å². The van der Waals surface area contributed by atoms with E-state index in [0.29, 0.717) is 22.2 Å². The maximum atomic E-state index is 6.37. The van der Waals surface area contributed by atoms with Crippen molar-refractivity contribution in [1.82, 2.24) is 14.8 Å². The Morgan fingerprint density at radius 1 is 1.00 bits per heavy atom. The molecule has 0 N–H and O–H groups in total. The standard InChI is InChI=1S/C15H11Cl2N5/c1-10-13(20-19-12-8-5-9-18-14(12)16)15(17)22(21-10)11-6-3-2-4-7-11/h2-9H,1H3. The lowest BCUT2D eigenvalue weighted by Crippen LogP contribution is -1.95. The summed E-state index contributed by atoms with van der Waals surface area (Å²) >= 11 is 12.3. The number of pyridine rings is 1. The van der Waals surface area contributed by atoms with Crippen LogP contribution >= 0.6 is 23.2 Å². The van der Waals surface area contributed by atoms with Gasteiger partial charge in [0.05, 0.1) is 11.4 Å². The van der Waals surface area contributed by atoms with Crippen molar-refractivity contribution in [3.8, 4) is 5.69 Å². The van der Waals surface area contributed by atoms with Crippen molar-refractivity contribution in [2.75, 3.05) is 0 Å². The third kappa shape index (κ3) is 2.86. The van der Waals surface area contributed by atoms with E-state index in [-0.39, 0.29) is 5.15 Å². The molecule has 0 aliphatic carbocycles. The van der Waals surface area contributed by atoms with E-state index in [1.165, 1.54) is 0 Å². The maximum Gasteiger partial charge on any atom is 0.160 e. The minimum Gasteiger partial charge on any atom is -0.242 e. The van der Waals surface area contributed by atoms with Crippen LogP contribution in [0.25, 0.3) is 5.69 Å². The molecule has 0 spiro atoms. The van der Waals surface area contributed by atoms with E-state index >= 15 is 0 Å². The molecule has 2 heterocycles. The normalized spacial score (nSPS) is 11.2. The van der Waals surface area contributed by atoms with E-state index < -0.39 is 0 Å². The van der Waals surface area contributed by atoms with Crippen molar-refractivity contribution in [3.63, 3.8) is 0 Å². The lowest BCUT2D eigenvalue weighted by atomic mass is 10.3. The molecule has 0 bridgehead atoms. The van der Waals surface area contributed by atoms with E-state index in [1.54, 1.807) is 23.0 Å². The summed E-state index contributed by atoms with van der Waals surface area (Å²) in [5, 5.41) is 13.3. The van der Waals surface area contributed by atoms with Crippen LogP contribution in [0.1, 0.15) is 5.69 Å². The van der Waals surface area contributed by atoms with Crippen LogP contribution in [-0.4, -0.2) is 14.8 Å². The summed E-state index contributed by atoms with van der Waals surface area (Å²) in [6.45, 7) is 1.82. The van der Waals surface area contributed by atoms with Crippen molar-refractivity contribution in [2.45, 2.75) is 6.92 Å². The molecule has 0 radical (unpaired) electrons. The average Bonchev–Trinajstić information content (AvgIpc) is 2.82. The Labute approximate surface area is 137 Å². The zero-order chi connectivity index (χ0) is 15.5. The molecule has 3 rings (SSSR count). The summed E-state index contributed by atoms with van der Waals surface area (Å²) < 4.78 is 1.62. The van der Waals surface area contributed by atoms with E-state index in [2.05, 4.69) is 20.3 Å². The molecule has 0 fully saturated rings. The maximum absolute atomic E-state index is 6.37. The van der Waals surface area contributed by atoms with Crippen molar-refractivity contribution in [1.29, 1.82) is 0 Å². The number of hydrogen-bond acceptors (Lipinski definition) is 4. The molecule has 0 saturated carbocycles. The van der Waals surface area contributed by atoms with Gasteiger partial charge in [0.2, 0.25) is 0 Å². The second-order valence-electron chi connectivity index (χ2n) is 4.49. The Bertz CT molecular complexity index is 827. The second kappa shape index (κ2) is 6.25. The van der Waals surface area contributed by atoms with Gasteiger partial charge < -0.3 is 0 Å². The number of aromatic nitrogens is 3. The Hall–Kier alpha value is -2.24. The van der Waals surface area contributed by atoms with Gasteiger partial charge >= 0.3 is 0 Å². The fourth-order valence-corrected chi connectivity index (χ4v) is 2.37. The molecule has 5 nitrogen and oxygen atoms in total. The lowest BCUT2D eigenvalue weighted by Gasteiger charge is -2.01. The van der Waals surface area contributed by atoms with Gasteiger partial charge in [-0.15, -0.1) is 10.2 Å². The summed E-state index contributed by atoms with van der Waals surface area (Å²) in [6.07, 6.45) is 1.59. The van der Waals surface area contributed by atoms with Gasteiger partial charge in [0, 0.05) is 6.20 Å². The first-order chi connectivity index (χ1) is 10.7. The van der Waals surface area contributed by atoms with Crippen molar-refractivity contribution >= 4 is 34.6 Å². The van der Waals surface area contributed by atoms with Crippen molar-refractivity contribution < 1.29 is 0 Å². The predicted octanol–water partition coefficient (Wildman–Crippen LogP) is 5.30. The van der Waals surface area contributed by atoms with Crippen molar-refractivity contribution in [2.24, 2.45) is 10.2 Å². The molecule has 0 atom stereocenters. The van der Waals surface area contributed by atoms with E-state index in [1.807, 2.05) is 37.3 Å². The highest BCUT2D eigenvalue weighted by Crippen LogP contribution is 2.33. The van der Waals surface area contributed by atoms with E-state index in [4.69, 9.17) is 23.2 Å². The largest absolute Gasteiger partial charge is 0.242 e. The van der Waals surface area contributed by atoms with Gasteiger partial charge in [-0.05, 0) is 31.2 Å². The van der Waals surface area contributed by atoms with Crippen molar-refractivity contribution in [3.05, 3.63) is 64.7 Å². The topological polar surface area (TPSA) is 55.4 Å². The fourth-order valence-electron chi connectivity index (χ4n) is 1.90. The quantitative estimate of drug-likeness (QED) is 0.483. The van der Waals surface area contributed by atoms with Crippen LogP contribution in [-0.2, 0) is 0 Å². The smallest absolute Gasteiger partial charge is 0.160 e. The number of para-hydroxylation sites is 1. The predicted molar refractivity (Wildman–Crippen MR) is 86.7 cm³/mol. The second-order valence-corrected chi connectivity index (χ2v) is 5.20. The average molecular weight is 332 g/mol. The molecule has 7 heteroatoms. The van der Waals surface area contributed by atoms with Gasteiger partial charge in [-0.1, -0.05) is 41.4 Å². The molecule has 110 valence electrons. The Morgan fingerprint density at radius 3 is 2.50 bits per heavy atom. The Balaban J connectivity index is 1.99. The lowest BCUT2D eigenvalue weighted by molar-refractivity contribution is 0.863. The molecule has 0 aliphatic heterocycles. The minimum atomic E-state index is 0.287. The van der Waals surface area contributed by atoms with E-state index in [9.17, 15) is 0 Å². The molecule has 3 aromatic rings.